The molecule has 0 saturated heterocycles. The number of aromatic nitrogens is 2. The molecule has 3 aromatic rings. The maximum Gasteiger partial charge on any atom is 0.425 e. The number of hydrogen-bond donors (Lipinski definition) is 0. The molecule has 1 aliphatic rings. The Bertz CT molecular complexity index is 1460. The minimum absolute atomic E-state index is 0.212. The molecule has 0 aliphatic heterocycles. The molecule has 0 saturated carbocycles. The van der Waals surface area contributed by atoms with Crippen LogP contribution in [0.15, 0.2) is 54.9 Å². The molecule has 6 nitrogen and oxygen atoms in total. The molecule has 0 fully saturated rings. The van der Waals surface area contributed by atoms with E-state index in [0.717, 1.165) is 47.9 Å². The SMILES string of the molecule is CCCCCCCCCCc1cnc(-c2ccc(C(=O)Oc3ccc4c(c3)CCC(C(=O)O[C@H](CCCCCC)C(F)(F)F)C4)cc2)nc1. The van der Waals surface area contributed by atoms with Gasteiger partial charge in [-0.05, 0) is 85.9 Å². The van der Waals surface area contributed by atoms with E-state index < -0.39 is 30.1 Å². The van der Waals surface area contributed by atoms with Crippen LogP contribution in [0.2, 0.25) is 0 Å². The zero-order valence-electron chi connectivity index (χ0n) is 29.0. The molecule has 1 unspecified atom stereocenters. The van der Waals surface area contributed by atoms with Crippen molar-refractivity contribution < 1.29 is 32.2 Å². The Balaban J connectivity index is 1.24. The Morgan fingerprint density at radius 1 is 0.816 bits per heavy atom. The Morgan fingerprint density at radius 3 is 2.10 bits per heavy atom. The van der Waals surface area contributed by atoms with Gasteiger partial charge in [-0.3, -0.25) is 4.79 Å². The molecule has 2 atom stereocenters. The van der Waals surface area contributed by atoms with Crippen molar-refractivity contribution in [2.24, 2.45) is 5.92 Å². The van der Waals surface area contributed by atoms with Gasteiger partial charge in [0.15, 0.2) is 11.9 Å². The Morgan fingerprint density at radius 2 is 1.45 bits per heavy atom. The monoisotopic (exact) mass is 680 g/mol. The van der Waals surface area contributed by atoms with Crippen molar-refractivity contribution in [1.82, 2.24) is 9.97 Å². The highest BCUT2D eigenvalue weighted by Gasteiger charge is 2.43. The highest BCUT2D eigenvalue weighted by Crippen LogP contribution is 2.33. The summed E-state index contributed by atoms with van der Waals surface area (Å²) in [6.07, 6.45) is 12.0. The minimum atomic E-state index is -4.58. The summed E-state index contributed by atoms with van der Waals surface area (Å²) in [4.78, 5) is 34.7. The first-order chi connectivity index (χ1) is 23.7. The Kier molecular flexibility index (Phi) is 15.1. The molecule has 2 aromatic carbocycles. The summed E-state index contributed by atoms with van der Waals surface area (Å²) in [5.41, 5.74) is 4.05. The average molecular weight is 681 g/mol. The lowest BCUT2D eigenvalue weighted by atomic mass is 9.84. The zero-order valence-corrected chi connectivity index (χ0v) is 29.0. The molecule has 4 rings (SSSR count). The number of nitrogens with zero attached hydrogens (tertiary/aromatic N) is 2. The van der Waals surface area contributed by atoms with Gasteiger partial charge in [0.2, 0.25) is 0 Å². The highest BCUT2D eigenvalue weighted by atomic mass is 19.4. The number of aryl methyl sites for hydroxylation is 2. The quantitative estimate of drug-likeness (QED) is 0.0712. The summed E-state index contributed by atoms with van der Waals surface area (Å²) in [6.45, 7) is 4.23. The Hall–Kier alpha value is -3.75. The number of fused-ring (bicyclic) bond motifs is 1. The molecular formula is C40H51F3N2O4. The lowest BCUT2D eigenvalue weighted by molar-refractivity contribution is -0.225. The smallest absolute Gasteiger partial charge is 0.425 e. The number of halogens is 3. The van der Waals surface area contributed by atoms with Crippen molar-refractivity contribution in [2.45, 2.75) is 135 Å². The normalized spacial score (nSPS) is 15.0. The molecule has 0 amide bonds. The maximum atomic E-state index is 13.5. The fourth-order valence-electron chi connectivity index (χ4n) is 6.30. The van der Waals surface area contributed by atoms with E-state index >= 15 is 0 Å². The molecule has 266 valence electrons. The standard InChI is InChI=1S/C40H51F3N2O4/c1-3-5-7-9-10-11-12-13-15-29-27-44-37(45-28-29)30-17-19-31(20-18-30)38(46)48-35-24-23-32-25-34(22-21-33(32)26-35)39(47)49-36(40(41,42)43)16-14-8-6-4-2/h17-20,23-24,26-28,34,36H,3-16,21-22,25H2,1-2H3/t34?,36-/m1/s1. The summed E-state index contributed by atoms with van der Waals surface area (Å²) in [7, 11) is 0. The molecule has 1 aromatic heterocycles. The maximum absolute atomic E-state index is 13.5. The van der Waals surface area contributed by atoms with E-state index in [9.17, 15) is 22.8 Å². The van der Waals surface area contributed by atoms with Crippen molar-refractivity contribution in [2.75, 3.05) is 0 Å². The third kappa shape index (κ3) is 12.3. The van der Waals surface area contributed by atoms with Gasteiger partial charge in [-0.25, -0.2) is 14.8 Å². The number of ether oxygens (including phenoxy) is 2. The summed E-state index contributed by atoms with van der Waals surface area (Å²) >= 11 is 0. The van der Waals surface area contributed by atoms with Gasteiger partial charge < -0.3 is 9.47 Å². The number of hydrogen-bond acceptors (Lipinski definition) is 6. The second kappa shape index (κ2) is 19.4. The summed E-state index contributed by atoms with van der Waals surface area (Å²) < 4.78 is 51.3. The van der Waals surface area contributed by atoms with Crippen LogP contribution in [-0.2, 0) is 28.8 Å². The van der Waals surface area contributed by atoms with Crippen molar-refractivity contribution in [1.29, 1.82) is 0 Å². The van der Waals surface area contributed by atoms with E-state index in [2.05, 4.69) is 16.9 Å². The van der Waals surface area contributed by atoms with Gasteiger partial charge in [0.25, 0.3) is 0 Å². The van der Waals surface area contributed by atoms with E-state index in [1.807, 2.05) is 19.3 Å². The van der Waals surface area contributed by atoms with Gasteiger partial charge in [0.1, 0.15) is 5.75 Å². The van der Waals surface area contributed by atoms with Gasteiger partial charge in [0, 0.05) is 18.0 Å². The van der Waals surface area contributed by atoms with Crippen LogP contribution in [-0.4, -0.2) is 34.2 Å². The number of rotatable bonds is 19. The number of carbonyl (C=O) groups is 2. The number of unbranched alkanes of at least 4 members (excludes halogenated alkanes) is 10. The second-order valence-electron chi connectivity index (χ2n) is 13.3. The predicted octanol–water partition coefficient (Wildman–Crippen LogP) is 10.6. The van der Waals surface area contributed by atoms with Crippen LogP contribution in [0, 0.1) is 5.92 Å². The molecule has 1 heterocycles. The molecule has 0 spiro atoms. The van der Waals surface area contributed by atoms with E-state index in [4.69, 9.17) is 9.47 Å². The zero-order chi connectivity index (χ0) is 35.1. The molecular weight excluding hydrogens is 629 g/mol. The number of benzene rings is 2. The minimum Gasteiger partial charge on any atom is -0.452 e. The average Bonchev–Trinajstić information content (AvgIpc) is 3.10. The fraction of sp³-hybridized carbons (Fsp3) is 0.550. The van der Waals surface area contributed by atoms with Crippen LogP contribution < -0.4 is 4.74 Å². The van der Waals surface area contributed by atoms with Crippen LogP contribution in [0.5, 0.6) is 5.75 Å². The molecule has 0 N–H and O–H groups in total. The van der Waals surface area contributed by atoms with Crippen molar-refractivity contribution in [3.8, 4) is 17.1 Å². The molecule has 0 bridgehead atoms. The second-order valence-corrected chi connectivity index (χ2v) is 13.3. The van der Waals surface area contributed by atoms with Crippen LogP contribution in [0.1, 0.15) is 131 Å². The number of esters is 2. The number of carbonyl (C=O) groups excluding carboxylic acids is 2. The van der Waals surface area contributed by atoms with Crippen molar-refractivity contribution >= 4 is 11.9 Å². The molecule has 9 heteroatoms. The van der Waals surface area contributed by atoms with Crippen LogP contribution >= 0.6 is 0 Å². The Labute approximate surface area is 289 Å². The van der Waals surface area contributed by atoms with E-state index in [0.29, 0.717) is 42.8 Å². The molecule has 0 radical (unpaired) electrons. The van der Waals surface area contributed by atoms with E-state index in [1.54, 1.807) is 42.5 Å². The topological polar surface area (TPSA) is 78.4 Å². The predicted molar refractivity (Wildman–Crippen MR) is 185 cm³/mol. The molecule has 1 aliphatic carbocycles. The van der Waals surface area contributed by atoms with Gasteiger partial charge in [-0.1, -0.05) is 96.3 Å². The van der Waals surface area contributed by atoms with Crippen molar-refractivity contribution in [3.05, 3.63) is 77.1 Å². The first kappa shape index (κ1) is 38.1. The summed E-state index contributed by atoms with van der Waals surface area (Å²) in [5.74, 6) is -0.995. The third-order valence-corrected chi connectivity index (χ3v) is 9.30. The largest absolute Gasteiger partial charge is 0.452 e. The van der Waals surface area contributed by atoms with Crippen LogP contribution in [0.4, 0.5) is 13.2 Å². The lowest BCUT2D eigenvalue weighted by Gasteiger charge is -2.27. The number of alkyl halides is 3. The van der Waals surface area contributed by atoms with Gasteiger partial charge >= 0.3 is 18.1 Å². The van der Waals surface area contributed by atoms with E-state index in [-0.39, 0.29) is 12.8 Å². The molecule has 49 heavy (non-hydrogen) atoms. The van der Waals surface area contributed by atoms with E-state index in [1.165, 1.54) is 44.9 Å². The first-order valence-corrected chi connectivity index (χ1v) is 18.2. The van der Waals surface area contributed by atoms with Crippen LogP contribution in [0.3, 0.4) is 0 Å². The van der Waals surface area contributed by atoms with Gasteiger partial charge in [-0.15, -0.1) is 0 Å². The highest BCUT2D eigenvalue weighted by molar-refractivity contribution is 5.91. The van der Waals surface area contributed by atoms with Gasteiger partial charge in [-0.2, -0.15) is 13.2 Å². The summed E-state index contributed by atoms with van der Waals surface area (Å²) in [6, 6.07) is 12.1. The first-order valence-electron chi connectivity index (χ1n) is 18.2. The van der Waals surface area contributed by atoms with Gasteiger partial charge in [0.05, 0.1) is 11.5 Å². The summed E-state index contributed by atoms with van der Waals surface area (Å²) in [5, 5.41) is 0. The van der Waals surface area contributed by atoms with Crippen LogP contribution in [0.25, 0.3) is 11.4 Å². The third-order valence-electron chi connectivity index (χ3n) is 9.30. The lowest BCUT2D eigenvalue weighted by Crippen LogP contribution is -2.37. The van der Waals surface area contributed by atoms with Crippen molar-refractivity contribution in [3.63, 3.8) is 0 Å². The fourth-order valence-corrected chi connectivity index (χ4v) is 6.30.